The van der Waals surface area contributed by atoms with Gasteiger partial charge < -0.3 is 9.15 Å². The lowest BCUT2D eigenvalue weighted by Crippen LogP contribution is -2.06. The molecule has 152 valence electrons. The van der Waals surface area contributed by atoms with Crippen LogP contribution >= 0.6 is 11.3 Å². The minimum Gasteiger partial charge on any atom is -0.493 e. The molecule has 31 heavy (non-hydrogen) atoms. The fraction of sp³-hybridized carbons (Fsp3) is 0.0800. The topological polar surface area (TPSA) is 60.5 Å². The van der Waals surface area contributed by atoms with E-state index < -0.39 is 0 Å². The second-order valence-corrected chi connectivity index (χ2v) is 7.91. The summed E-state index contributed by atoms with van der Waals surface area (Å²) >= 11 is 1.56. The molecule has 6 heteroatoms. The van der Waals surface area contributed by atoms with E-state index in [-0.39, 0.29) is 0 Å². The van der Waals surface area contributed by atoms with Gasteiger partial charge in [0.25, 0.3) is 0 Å². The molecule has 0 aliphatic heterocycles. The molecule has 5 rings (SSSR count). The Kier molecular flexibility index (Phi) is 5.06. The SMILES string of the molecule is COc1cccc2cc(-c3nc(-c4ccc(C)cc4)cs3)/c(=N/c3ccccn3)oc12. The lowest BCUT2D eigenvalue weighted by molar-refractivity contribution is 0.406. The highest BCUT2D eigenvalue weighted by molar-refractivity contribution is 7.13. The summed E-state index contributed by atoms with van der Waals surface area (Å²) in [6, 6.07) is 21.8. The number of para-hydroxylation sites is 1. The molecule has 2 aromatic carbocycles. The van der Waals surface area contributed by atoms with E-state index in [0.717, 1.165) is 27.2 Å². The molecule has 0 radical (unpaired) electrons. The van der Waals surface area contributed by atoms with Crippen LogP contribution in [0.4, 0.5) is 5.82 Å². The average Bonchev–Trinajstić information content (AvgIpc) is 3.29. The number of benzene rings is 2. The van der Waals surface area contributed by atoms with Crippen molar-refractivity contribution in [1.82, 2.24) is 9.97 Å². The fourth-order valence-electron chi connectivity index (χ4n) is 3.30. The number of fused-ring (bicyclic) bond motifs is 1. The Hall–Kier alpha value is -3.77. The number of aryl methyl sites for hydroxylation is 1. The molecule has 0 atom stereocenters. The van der Waals surface area contributed by atoms with Crippen molar-refractivity contribution in [3.05, 3.63) is 89.4 Å². The van der Waals surface area contributed by atoms with Crippen molar-refractivity contribution in [3.63, 3.8) is 0 Å². The second kappa shape index (κ2) is 8.16. The number of rotatable bonds is 4. The number of methoxy groups -OCH3 is 1. The number of pyridine rings is 1. The number of aromatic nitrogens is 2. The van der Waals surface area contributed by atoms with Crippen LogP contribution in [-0.2, 0) is 0 Å². The largest absolute Gasteiger partial charge is 0.493 e. The molecule has 0 saturated heterocycles. The summed E-state index contributed by atoms with van der Waals surface area (Å²) in [5, 5.41) is 3.81. The minimum absolute atomic E-state index is 0.445. The molecule has 3 aromatic heterocycles. The van der Waals surface area contributed by atoms with E-state index in [9.17, 15) is 0 Å². The summed E-state index contributed by atoms with van der Waals surface area (Å²) in [6.07, 6.45) is 1.71. The normalized spacial score (nSPS) is 11.7. The van der Waals surface area contributed by atoms with Crippen molar-refractivity contribution >= 4 is 28.1 Å². The molecule has 0 unspecified atom stereocenters. The van der Waals surface area contributed by atoms with Crippen molar-refractivity contribution in [2.45, 2.75) is 6.92 Å². The maximum Gasteiger partial charge on any atom is 0.231 e. The van der Waals surface area contributed by atoms with Gasteiger partial charge in [0.2, 0.25) is 5.55 Å². The minimum atomic E-state index is 0.445. The van der Waals surface area contributed by atoms with Gasteiger partial charge in [-0.15, -0.1) is 11.3 Å². The van der Waals surface area contributed by atoms with E-state index in [2.05, 4.69) is 46.5 Å². The number of hydrogen-bond donors (Lipinski definition) is 0. The number of hydrogen-bond acceptors (Lipinski definition) is 6. The molecule has 5 aromatic rings. The Labute approximate surface area is 183 Å². The van der Waals surface area contributed by atoms with Gasteiger partial charge in [-0.2, -0.15) is 4.99 Å². The molecule has 0 amide bonds. The van der Waals surface area contributed by atoms with Gasteiger partial charge in [0.1, 0.15) is 5.01 Å². The van der Waals surface area contributed by atoms with Crippen LogP contribution in [0.2, 0.25) is 0 Å². The smallest absolute Gasteiger partial charge is 0.231 e. The van der Waals surface area contributed by atoms with Crippen LogP contribution in [-0.4, -0.2) is 17.1 Å². The molecule has 0 fully saturated rings. The Morgan fingerprint density at radius 2 is 1.87 bits per heavy atom. The zero-order chi connectivity index (χ0) is 21.2. The van der Waals surface area contributed by atoms with Crippen LogP contribution in [0.5, 0.6) is 5.75 Å². The third-order valence-corrected chi connectivity index (χ3v) is 5.78. The zero-order valence-electron chi connectivity index (χ0n) is 17.1. The average molecular weight is 426 g/mol. The van der Waals surface area contributed by atoms with Crippen LogP contribution < -0.4 is 10.3 Å². The first-order valence-electron chi connectivity index (χ1n) is 9.81. The van der Waals surface area contributed by atoms with E-state index in [0.29, 0.717) is 22.7 Å². The van der Waals surface area contributed by atoms with E-state index in [4.69, 9.17) is 14.1 Å². The monoisotopic (exact) mass is 425 g/mol. The first-order chi connectivity index (χ1) is 15.2. The van der Waals surface area contributed by atoms with Gasteiger partial charge in [-0.1, -0.05) is 48.0 Å². The van der Waals surface area contributed by atoms with Crippen LogP contribution in [0.1, 0.15) is 5.56 Å². The van der Waals surface area contributed by atoms with Gasteiger partial charge in [-0.05, 0) is 31.2 Å². The highest BCUT2D eigenvalue weighted by Crippen LogP contribution is 2.31. The van der Waals surface area contributed by atoms with Gasteiger partial charge in [-0.25, -0.2) is 9.97 Å². The molecular formula is C25H19N3O2S. The molecule has 0 aliphatic rings. The molecule has 0 N–H and O–H groups in total. The second-order valence-electron chi connectivity index (χ2n) is 7.05. The van der Waals surface area contributed by atoms with Gasteiger partial charge in [0.15, 0.2) is 17.2 Å². The highest BCUT2D eigenvalue weighted by Gasteiger charge is 2.14. The van der Waals surface area contributed by atoms with E-state index in [1.165, 1.54) is 5.56 Å². The van der Waals surface area contributed by atoms with Crippen LogP contribution in [0.3, 0.4) is 0 Å². The zero-order valence-corrected chi connectivity index (χ0v) is 17.9. The van der Waals surface area contributed by atoms with Gasteiger partial charge in [0, 0.05) is 22.5 Å². The van der Waals surface area contributed by atoms with Gasteiger partial charge >= 0.3 is 0 Å². The predicted octanol–water partition coefficient (Wildman–Crippen LogP) is 6.17. The Bertz CT molecular complexity index is 1420. The van der Waals surface area contributed by atoms with Crippen molar-refractivity contribution in [3.8, 4) is 27.6 Å². The molecule has 3 heterocycles. The molecule has 0 aliphatic carbocycles. The maximum atomic E-state index is 6.24. The first kappa shape index (κ1) is 19.2. The standard InChI is InChI=1S/C25H19N3O2S/c1-16-9-11-17(12-10-16)20-15-31-25(27-20)19-14-18-6-5-7-21(29-2)23(18)30-24(19)28-22-8-3-4-13-26-22/h3-15H,1-2H3/b28-24-. The predicted molar refractivity (Wildman–Crippen MR) is 124 cm³/mol. The summed E-state index contributed by atoms with van der Waals surface area (Å²) in [5.74, 6) is 1.22. The number of ether oxygens (including phenoxy) is 1. The van der Waals surface area contributed by atoms with E-state index >= 15 is 0 Å². The van der Waals surface area contributed by atoms with Crippen molar-refractivity contribution in [2.24, 2.45) is 4.99 Å². The van der Waals surface area contributed by atoms with Crippen LogP contribution in [0.25, 0.3) is 32.8 Å². The van der Waals surface area contributed by atoms with E-state index in [1.807, 2.05) is 42.5 Å². The fourth-order valence-corrected chi connectivity index (χ4v) is 4.14. The van der Waals surface area contributed by atoms with Crippen LogP contribution in [0, 0.1) is 6.92 Å². The molecule has 0 saturated carbocycles. The number of thiazole rings is 1. The Morgan fingerprint density at radius 1 is 1.00 bits per heavy atom. The highest BCUT2D eigenvalue weighted by atomic mass is 32.1. The third kappa shape index (κ3) is 3.85. The molecule has 0 bridgehead atoms. The Balaban J connectivity index is 1.71. The van der Waals surface area contributed by atoms with Crippen molar-refractivity contribution in [2.75, 3.05) is 7.11 Å². The molecule has 5 nitrogen and oxygen atoms in total. The van der Waals surface area contributed by atoms with Crippen LogP contribution in [0.15, 0.2) is 87.7 Å². The summed E-state index contributed by atoms with van der Waals surface area (Å²) in [6.45, 7) is 2.08. The molecular weight excluding hydrogens is 406 g/mol. The summed E-state index contributed by atoms with van der Waals surface area (Å²) in [7, 11) is 1.63. The molecule has 0 spiro atoms. The lowest BCUT2D eigenvalue weighted by Gasteiger charge is -2.06. The summed E-state index contributed by atoms with van der Waals surface area (Å²) in [4.78, 5) is 13.9. The van der Waals surface area contributed by atoms with Crippen molar-refractivity contribution < 1.29 is 9.15 Å². The van der Waals surface area contributed by atoms with E-state index in [1.54, 1.807) is 24.6 Å². The van der Waals surface area contributed by atoms with Gasteiger partial charge in [-0.3, -0.25) is 0 Å². The quantitative estimate of drug-likeness (QED) is 0.346. The third-order valence-electron chi connectivity index (χ3n) is 4.91. The lowest BCUT2D eigenvalue weighted by atomic mass is 10.1. The Morgan fingerprint density at radius 3 is 2.65 bits per heavy atom. The maximum absolute atomic E-state index is 6.24. The first-order valence-corrected chi connectivity index (χ1v) is 10.7. The summed E-state index contributed by atoms with van der Waals surface area (Å²) in [5.41, 5.74) is 5.12. The number of nitrogens with zero attached hydrogens (tertiary/aromatic N) is 3. The van der Waals surface area contributed by atoms with Gasteiger partial charge in [0.05, 0.1) is 18.4 Å². The van der Waals surface area contributed by atoms with Crippen molar-refractivity contribution in [1.29, 1.82) is 0 Å². The summed E-state index contributed by atoms with van der Waals surface area (Å²) < 4.78 is 11.7.